The summed E-state index contributed by atoms with van der Waals surface area (Å²) in [6.07, 6.45) is 4.48. The number of pyridine rings is 1. The summed E-state index contributed by atoms with van der Waals surface area (Å²) in [6, 6.07) is 5.28. The fourth-order valence-corrected chi connectivity index (χ4v) is 1.39. The number of H-pyrrole nitrogens is 1. The van der Waals surface area contributed by atoms with E-state index in [4.69, 9.17) is 5.26 Å². The Balaban J connectivity index is 2.44. The van der Waals surface area contributed by atoms with Crippen LogP contribution >= 0.6 is 0 Å². The van der Waals surface area contributed by atoms with Crippen molar-refractivity contribution in [1.29, 1.82) is 5.26 Å². The van der Waals surface area contributed by atoms with Crippen LogP contribution in [-0.4, -0.2) is 14.5 Å². The highest BCUT2D eigenvalue weighted by molar-refractivity contribution is 5.22. The predicted octanol–water partition coefficient (Wildman–Crippen LogP) is -0.148. The quantitative estimate of drug-likeness (QED) is 0.773. The highest BCUT2D eigenvalue weighted by Gasteiger charge is 2.04. The van der Waals surface area contributed by atoms with E-state index in [2.05, 4.69) is 9.97 Å². The van der Waals surface area contributed by atoms with Gasteiger partial charge in [-0.2, -0.15) is 5.26 Å². The maximum Gasteiger partial charge on any atom is 0.328 e. The number of aromatic nitrogens is 3. The van der Waals surface area contributed by atoms with Crippen LogP contribution < -0.4 is 11.2 Å². The van der Waals surface area contributed by atoms with Crippen molar-refractivity contribution >= 4 is 0 Å². The summed E-state index contributed by atoms with van der Waals surface area (Å²) in [6.45, 7) is 0.262. The lowest BCUT2D eigenvalue weighted by atomic mass is 10.3. The van der Waals surface area contributed by atoms with Crippen molar-refractivity contribution in [2.24, 2.45) is 0 Å². The zero-order valence-corrected chi connectivity index (χ0v) is 8.75. The molecule has 17 heavy (non-hydrogen) atoms. The van der Waals surface area contributed by atoms with Crippen LogP contribution in [-0.2, 0) is 6.54 Å². The third kappa shape index (κ3) is 2.29. The largest absolute Gasteiger partial charge is 0.328 e. The first-order valence-electron chi connectivity index (χ1n) is 4.83. The third-order valence-electron chi connectivity index (χ3n) is 2.21. The Bertz CT molecular complexity index is 679. The molecule has 0 aliphatic carbocycles. The van der Waals surface area contributed by atoms with Gasteiger partial charge in [0.2, 0.25) is 0 Å². The van der Waals surface area contributed by atoms with E-state index >= 15 is 0 Å². The van der Waals surface area contributed by atoms with Crippen LogP contribution in [0.3, 0.4) is 0 Å². The van der Waals surface area contributed by atoms with Crippen molar-refractivity contribution in [1.82, 2.24) is 14.5 Å². The second-order valence-electron chi connectivity index (χ2n) is 3.40. The Kier molecular flexibility index (Phi) is 2.83. The molecule has 2 aromatic heterocycles. The van der Waals surface area contributed by atoms with Gasteiger partial charge in [-0.1, -0.05) is 6.07 Å². The molecular weight excluding hydrogens is 220 g/mol. The van der Waals surface area contributed by atoms with Gasteiger partial charge in [-0.3, -0.25) is 19.3 Å². The van der Waals surface area contributed by atoms with Gasteiger partial charge in [-0.15, -0.1) is 0 Å². The van der Waals surface area contributed by atoms with E-state index in [-0.39, 0.29) is 12.1 Å². The molecule has 0 fully saturated rings. The molecule has 0 radical (unpaired) electrons. The zero-order chi connectivity index (χ0) is 12.3. The van der Waals surface area contributed by atoms with Gasteiger partial charge in [-0.25, -0.2) is 4.79 Å². The number of nitrogens with one attached hydrogen (secondary N) is 1. The number of aromatic amines is 1. The molecule has 2 rings (SSSR count). The number of rotatable bonds is 2. The van der Waals surface area contributed by atoms with Gasteiger partial charge in [0.05, 0.1) is 6.54 Å². The van der Waals surface area contributed by atoms with Gasteiger partial charge < -0.3 is 0 Å². The average Bonchev–Trinajstić information content (AvgIpc) is 2.34. The monoisotopic (exact) mass is 228 g/mol. The molecule has 0 aliphatic heterocycles. The Hall–Kier alpha value is -2.68. The molecule has 2 aromatic rings. The van der Waals surface area contributed by atoms with Crippen LogP contribution in [0.5, 0.6) is 0 Å². The summed E-state index contributed by atoms with van der Waals surface area (Å²) >= 11 is 0. The number of hydrogen-bond acceptors (Lipinski definition) is 4. The van der Waals surface area contributed by atoms with Crippen molar-refractivity contribution in [2.45, 2.75) is 6.54 Å². The molecule has 2 heterocycles. The van der Waals surface area contributed by atoms with E-state index < -0.39 is 11.2 Å². The fraction of sp³-hybridized carbons (Fsp3) is 0.0909. The van der Waals surface area contributed by atoms with Gasteiger partial charge >= 0.3 is 5.69 Å². The van der Waals surface area contributed by atoms with Crippen LogP contribution in [0.15, 0.2) is 40.3 Å². The molecular formula is C11H8N4O2. The molecule has 84 valence electrons. The van der Waals surface area contributed by atoms with E-state index in [1.54, 1.807) is 30.6 Å². The molecule has 0 aliphatic rings. The first kappa shape index (κ1) is 10.8. The maximum atomic E-state index is 11.5. The van der Waals surface area contributed by atoms with Gasteiger partial charge in [0.15, 0.2) is 0 Å². The Labute approximate surface area is 95.8 Å². The summed E-state index contributed by atoms with van der Waals surface area (Å²) < 4.78 is 1.26. The second kappa shape index (κ2) is 4.45. The Morgan fingerprint density at radius 3 is 2.94 bits per heavy atom. The zero-order valence-electron chi connectivity index (χ0n) is 8.75. The molecule has 0 unspecified atom stereocenters. The Morgan fingerprint density at radius 2 is 2.29 bits per heavy atom. The van der Waals surface area contributed by atoms with E-state index in [0.29, 0.717) is 0 Å². The number of nitrogens with zero attached hydrogens (tertiary/aromatic N) is 3. The summed E-state index contributed by atoms with van der Waals surface area (Å²) in [5.74, 6) is 0. The van der Waals surface area contributed by atoms with E-state index in [9.17, 15) is 9.59 Å². The summed E-state index contributed by atoms with van der Waals surface area (Å²) in [7, 11) is 0. The van der Waals surface area contributed by atoms with Crippen molar-refractivity contribution in [3.8, 4) is 6.07 Å². The molecule has 0 saturated carbocycles. The van der Waals surface area contributed by atoms with Crippen molar-refractivity contribution in [2.75, 3.05) is 0 Å². The van der Waals surface area contributed by atoms with Gasteiger partial charge in [0.1, 0.15) is 11.6 Å². The smallest absolute Gasteiger partial charge is 0.295 e. The normalized spacial score (nSPS) is 9.82. The molecule has 0 saturated heterocycles. The van der Waals surface area contributed by atoms with E-state index in [0.717, 1.165) is 5.56 Å². The second-order valence-corrected chi connectivity index (χ2v) is 3.40. The van der Waals surface area contributed by atoms with Crippen molar-refractivity contribution in [3.05, 3.63) is 62.7 Å². The molecule has 6 nitrogen and oxygen atoms in total. The van der Waals surface area contributed by atoms with Crippen molar-refractivity contribution in [3.63, 3.8) is 0 Å². The number of hydrogen-bond donors (Lipinski definition) is 1. The standard InChI is InChI=1S/C11H8N4O2/c12-4-9-7-15(11(17)14-10(9)16)6-8-2-1-3-13-5-8/h1-3,5,7H,6H2,(H,14,16,17). The molecule has 0 spiro atoms. The van der Waals surface area contributed by atoms with E-state index in [1.165, 1.54) is 10.8 Å². The van der Waals surface area contributed by atoms with Crippen LogP contribution in [0, 0.1) is 11.3 Å². The molecule has 6 heteroatoms. The van der Waals surface area contributed by atoms with Gasteiger partial charge in [0.25, 0.3) is 5.56 Å². The van der Waals surface area contributed by atoms with Crippen LogP contribution in [0.4, 0.5) is 0 Å². The van der Waals surface area contributed by atoms with Crippen LogP contribution in [0.1, 0.15) is 11.1 Å². The summed E-state index contributed by atoms with van der Waals surface area (Å²) in [4.78, 5) is 28.7. The molecule has 0 bridgehead atoms. The fourth-order valence-electron chi connectivity index (χ4n) is 1.39. The van der Waals surface area contributed by atoms with Crippen LogP contribution in [0.25, 0.3) is 0 Å². The Morgan fingerprint density at radius 1 is 1.47 bits per heavy atom. The predicted molar refractivity (Wildman–Crippen MR) is 59.4 cm³/mol. The summed E-state index contributed by atoms with van der Waals surface area (Å²) in [5.41, 5.74) is -0.489. The lowest BCUT2D eigenvalue weighted by Gasteiger charge is -2.04. The lowest BCUT2D eigenvalue weighted by molar-refractivity contribution is 0.715. The minimum atomic E-state index is -0.667. The highest BCUT2D eigenvalue weighted by atomic mass is 16.2. The first-order chi connectivity index (χ1) is 8.20. The third-order valence-corrected chi connectivity index (χ3v) is 2.21. The van der Waals surface area contributed by atoms with Crippen molar-refractivity contribution < 1.29 is 0 Å². The van der Waals surface area contributed by atoms with Gasteiger partial charge in [0, 0.05) is 18.6 Å². The SMILES string of the molecule is N#Cc1cn(Cc2cccnc2)c(=O)[nH]c1=O. The highest BCUT2D eigenvalue weighted by Crippen LogP contribution is 1.97. The minimum absolute atomic E-state index is 0.0894. The molecule has 0 atom stereocenters. The topological polar surface area (TPSA) is 91.5 Å². The molecule has 0 amide bonds. The average molecular weight is 228 g/mol. The minimum Gasteiger partial charge on any atom is -0.295 e. The molecule has 0 aromatic carbocycles. The first-order valence-corrected chi connectivity index (χ1v) is 4.83. The molecule has 1 N–H and O–H groups in total. The lowest BCUT2D eigenvalue weighted by Crippen LogP contribution is -2.31. The number of nitriles is 1. The van der Waals surface area contributed by atoms with Gasteiger partial charge in [-0.05, 0) is 11.6 Å². The maximum absolute atomic E-state index is 11.5. The van der Waals surface area contributed by atoms with E-state index in [1.807, 2.05) is 0 Å². The van der Waals surface area contributed by atoms with Crippen LogP contribution in [0.2, 0.25) is 0 Å². The summed E-state index contributed by atoms with van der Waals surface area (Å²) in [5, 5.41) is 8.70.